The van der Waals surface area contributed by atoms with Gasteiger partial charge in [0.15, 0.2) is 9.84 Å². The summed E-state index contributed by atoms with van der Waals surface area (Å²) in [6.07, 6.45) is 6.34. The molecule has 2 N–H and O–H groups in total. The molecule has 0 radical (unpaired) electrons. The molecular formula is C15H15NO3S2. The van der Waals surface area contributed by atoms with Gasteiger partial charge in [0.1, 0.15) is 5.25 Å². The van der Waals surface area contributed by atoms with E-state index < -0.39 is 26.2 Å². The first kappa shape index (κ1) is 14.4. The van der Waals surface area contributed by atoms with Crippen molar-refractivity contribution in [1.82, 2.24) is 0 Å². The van der Waals surface area contributed by atoms with Crippen molar-refractivity contribution in [2.45, 2.75) is 21.8 Å². The lowest BCUT2D eigenvalue weighted by atomic mass is 9.95. The molecule has 110 valence electrons. The molecule has 1 aromatic carbocycles. The van der Waals surface area contributed by atoms with Gasteiger partial charge < -0.3 is 5.73 Å². The van der Waals surface area contributed by atoms with E-state index in [2.05, 4.69) is 0 Å². The second-order valence-corrected chi connectivity index (χ2v) is 8.42. The van der Waals surface area contributed by atoms with Crippen LogP contribution in [0.2, 0.25) is 0 Å². The summed E-state index contributed by atoms with van der Waals surface area (Å²) in [5, 5.41) is -1.52. The van der Waals surface area contributed by atoms with Crippen LogP contribution in [0.5, 0.6) is 0 Å². The molecule has 1 amide bonds. The number of carbonyl (C=O) groups excluding carboxylic acids is 1. The van der Waals surface area contributed by atoms with Crippen LogP contribution in [0.25, 0.3) is 0 Å². The zero-order valence-electron chi connectivity index (χ0n) is 11.2. The number of hydrogen-bond acceptors (Lipinski definition) is 4. The Bertz CT molecular complexity index is 721. The normalized spacial score (nSPS) is 28.0. The van der Waals surface area contributed by atoms with E-state index in [4.69, 9.17) is 5.73 Å². The number of benzene rings is 1. The number of sulfone groups is 1. The molecule has 3 rings (SSSR count). The Kier molecular flexibility index (Phi) is 3.67. The average molecular weight is 321 g/mol. The maximum absolute atomic E-state index is 12.9. The SMILES string of the molecule is NC(=O)C1SC2=CC=CCC2C1S(=O)(=O)c1ccccc1. The lowest BCUT2D eigenvalue weighted by molar-refractivity contribution is -0.117. The highest BCUT2D eigenvalue weighted by molar-refractivity contribution is 8.06. The van der Waals surface area contributed by atoms with E-state index >= 15 is 0 Å². The Morgan fingerprint density at radius 1 is 1.24 bits per heavy atom. The van der Waals surface area contributed by atoms with Crippen LogP contribution in [0.3, 0.4) is 0 Å². The Morgan fingerprint density at radius 2 is 1.95 bits per heavy atom. The van der Waals surface area contributed by atoms with Gasteiger partial charge in [0.25, 0.3) is 0 Å². The van der Waals surface area contributed by atoms with Crippen LogP contribution in [-0.2, 0) is 14.6 Å². The first-order valence-electron chi connectivity index (χ1n) is 6.63. The minimum absolute atomic E-state index is 0.178. The van der Waals surface area contributed by atoms with Crippen molar-refractivity contribution in [2.24, 2.45) is 11.7 Å². The minimum Gasteiger partial charge on any atom is -0.369 e. The summed E-state index contributed by atoms with van der Waals surface area (Å²) in [6, 6.07) is 8.27. The van der Waals surface area contributed by atoms with E-state index in [1.807, 2.05) is 18.2 Å². The molecule has 6 heteroatoms. The number of thioether (sulfide) groups is 1. The van der Waals surface area contributed by atoms with Crippen LogP contribution >= 0.6 is 11.8 Å². The molecule has 1 fully saturated rings. The standard InChI is InChI=1S/C15H15NO3S2/c16-15(17)13-14(11-8-4-5-9-12(11)20-13)21(18,19)10-6-2-1-3-7-10/h1-7,9,11,13-14H,8H2,(H2,16,17). The summed E-state index contributed by atoms with van der Waals surface area (Å²) in [4.78, 5) is 12.9. The first-order chi connectivity index (χ1) is 10.0. The predicted molar refractivity (Wildman–Crippen MR) is 83.3 cm³/mol. The number of nitrogens with two attached hydrogens (primary N) is 1. The monoisotopic (exact) mass is 321 g/mol. The molecule has 21 heavy (non-hydrogen) atoms. The van der Waals surface area contributed by atoms with Crippen LogP contribution in [-0.4, -0.2) is 24.8 Å². The van der Waals surface area contributed by atoms with Crippen molar-refractivity contribution in [3.63, 3.8) is 0 Å². The molecule has 1 saturated heterocycles. The fraction of sp³-hybridized carbons (Fsp3) is 0.267. The largest absolute Gasteiger partial charge is 0.369 e. The number of carbonyl (C=O) groups is 1. The molecule has 4 nitrogen and oxygen atoms in total. The molecular weight excluding hydrogens is 306 g/mol. The fourth-order valence-electron chi connectivity index (χ4n) is 2.84. The third-order valence-electron chi connectivity index (χ3n) is 3.82. The van der Waals surface area contributed by atoms with Gasteiger partial charge >= 0.3 is 0 Å². The van der Waals surface area contributed by atoms with Crippen molar-refractivity contribution in [2.75, 3.05) is 0 Å². The van der Waals surface area contributed by atoms with Gasteiger partial charge in [-0.05, 0) is 23.5 Å². The van der Waals surface area contributed by atoms with Gasteiger partial charge in [-0.25, -0.2) is 8.42 Å². The highest BCUT2D eigenvalue weighted by atomic mass is 32.2. The number of allylic oxidation sites excluding steroid dienone is 4. The molecule has 3 atom stereocenters. The van der Waals surface area contributed by atoms with Crippen molar-refractivity contribution in [3.8, 4) is 0 Å². The second kappa shape index (κ2) is 5.35. The first-order valence-corrected chi connectivity index (χ1v) is 9.06. The lowest BCUT2D eigenvalue weighted by Gasteiger charge is -2.22. The summed E-state index contributed by atoms with van der Waals surface area (Å²) in [5.41, 5.74) is 5.45. The average Bonchev–Trinajstić information content (AvgIpc) is 2.88. The van der Waals surface area contributed by atoms with Crippen molar-refractivity contribution >= 4 is 27.5 Å². The molecule has 1 aliphatic carbocycles. The Labute approximate surface area is 128 Å². The van der Waals surface area contributed by atoms with E-state index in [1.165, 1.54) is 11.8 Å². The molecule has 0 spiro atoms. The molecule has 1 heterocycles. The summed E-state index contributed by atoms with van der Waals surface area (Å²) in [6.45, 7) is 0. The number of hydrogen-bond donors (Lipinski definition) is 1. The zero-order chi connectivity index (χ0) is 15.0. The fourth-order valence-corrected chi connectivity index (χ4v) is 6.84. The molecule has 1 aromatic rings. The van der Waals surface area contributed by atoms with Crippen LogP contribution in [0, 0.1) is 5.92 Å². The third kappa shape index (κ3) is 2.42. The lowest BCUT2D eigenvalue weighted by Crippen LogP contribution is -2.41. The van der Waals surface area contributed by atoms with E-state index in [0.29, 0.717) is 6.42 Å². The molecule has 1 aliphatic heterocycles. The molecule has 3 unspecified atom stereocenters. The van der Waals surface area contributed by atoms with Gasteiger partial charge in [0.2, 0.25) is 5.91 Å². The molecule has 0 bridgehead atoms. The van der Waals surface area contributed by atoms with Gasteiger partial charge in [-0.1, -0.05) is 36.4 Å². The number of primary amides is 1. The van der Waals surface area contributed by atoms with Crippen molar-refractivity contribution in [1.29, 1.82) is 0 Å². The maximum atomic E-state index is 12.9. The van der Waals surface area contributed by atoms with E-state index in [1.54, 1.807) is 30.3 Å². The highest BCUT2D eigenvalue weighted by Crippen LogP contribution is 2.49. The Hall–Kier alpha value is -1.53. The van der Waals surface area contributed by atoms with Crippen molar-refractivity contribution in [3.05, 3.63) is 53.5 Å². The summed E-state index contributed by atoms with van der Waals surface area (Å²) in [7, 11) is -3.60. The quantitative estimate of drug-likeness (QED) is 0.922. The maximum Gasteiger partial charge on any atom is 0.232 e. The number of fused-ring (bicyclic) bond motifs is 1. The zero-order valence-corrected chi connectivity index (χ0v) is 12.8. The Balaban J connectivity index is 2.08. The van der Waals surface area contributed by atoms with E-state index in [-0.39, 0.29) is 10.8 Å². The topological polar surface area (TPSA) is 77.2 Å². The third-order valence-corrected chi connectivity index (χ3v) is 7.73. The van der Waals surface area contributed by atoms with Gasteiger partial charge in [-0.2, -0.15) is 0 Å². The smallest absolute Gasteiger partial charge is 0.232 e. The van der Waals surface area contributed by atoms with Crippen molar-refractivity contribution < 1.29 is 13.2 Å². The van der Waals surface area contributed by atoms with E-state index in [0.717, 1.165) is 4.91 Å². The minimum atomic E-state index is -3.60. The molecule has 0 saturated carbocycles. The second-order valence-electron chi connectivity index (χ2n) is 5.10. The predicted octanol–water partition coefficient (Wildman–Crippen LogP) is 1.89. The highest BCUT2D eigenvalue weighted by Gasteiger charge is 2.50. The van der Waals surface area contributed by atoms with Crippen LogP contribution < -0.4 is 5.73 Å². The van der Waals surface area contributed by atoms with Gasteiger partial charge in [0, 0.05) is 5.92 Å². The Morgan fingerprint density at radius 3 is 2.62 bits per heavy atom. The molecule has 0 aromatic heterocycles. The van der Waals surface area contributed by atoms with Gasteiger partial charge in [0.05, 0.1) is 10.1 Å². The van der Waals surface area contributed by atoms with Crippen LogP contribution in [0.1, 0.15) is 6.42 Å². The van der Waals surface area contributed by atoms with E-state index in [9.17, 15) is 13.2 Å². The van der Waals surface area contributed by atoms with Crippen LogP contribution in [0.15, 0.2) is 58.4 Å². The van der Waals surface area contributed by atoms with Crippen LogP contribution in [0.4, 0.5) is 0 Å². The summed E-state index contributed by atoms with van der Waals surface area (Å²) >= 11 is 1.29. The number of rotatable bonds is 3. The van der Waals surface area contributed by atoms with Gasteiger partial charge in [-0.15, -0.1) is 11.8 Å². The van der Waals surface area contributed by atoms with Gasteiger partial charge in [-0.3, -0.25) is 4.79 Å². The summed E-state index contributed by atoms with van der Waals surface area (Å²) in [5.74, 6) is -0.748. The molecule has 2 aliphatic rings. The number of amides is 1. The summed E-state index contributed by atoms with van der Waals surface area (Å²) < 4.78 is 25.9.